The van der Waals surface area contributed by atoms with Crippen LogP contribution in [0.2, 0.25) is 10.0 Å². The summed E-state index contributed by atoms with van der Waals surface area (Å²) < 4.78 is 0. The lowest BCUT2D eigenvalue weighted by molar-refractivity contribution is 0.492. The zero-order chi connectivity index (χ0) is 12.3. The van der Waals surface area contributed by atoms with Crippen LogP contribution in [0.5, 0.6) is 0 Å². The zero-order valence-electron chi connectivity index (χ0n) is 9.76. The van der Waals surface area contributed by atoms with Crippen molar-refractivity contribution in [1.82, 2.24) is 0 Å². The van der Waals surface area contributed by atoms with Gasteiger partial charge in [-0.15, -0.1) is 11.6 Å². The van der Waals surface area contributed by atoms with Crippen LogP contribution in [0, 0.1) is 5.92 Å². The first-order valence-electron chi connectivity index (χ1n) is 6.25. The van der Waals surface area contributed by atoms with Gasteiger partial charge in [0.25, 0.3) is 0 Å². The number of aryl methyl sites for hydroxylation is 1. The van der Waals surface area contributed by atoms with Gasteiger partial charge in [-0.25, -0.2) is 0 Å². The van der Waals surface area contributed by atoms with Gasteiger partial charge in [0.1, 0.15) is 0 Å². The summed E-state index contributed by atoms with van der Waals surface area (Å²) in [5.74, 6) is 0.703. The Balaban J connectivity index is 1.90. The molecule has 0 heterocycles. The fourth-order valence-electron chi connectivity index (χ4n) is 2.58. The Bertz CT molecular complexity index is 370. The summed E-state index contributed by atoms with van der Waals surface area (Å²) in [7, 11) is 0. The molecule has 2 rings (SSSR count). The predicted molar refractivity (Wildman–Crippen MR) is 76.4 cm³/mol. The fourth-order valence-corrected chi connectivity index (χ4v) is 3.35. The van der Waals surface area contributed by atoms with Crippen LogP contribution in [0.3, 0.4) is 0 Å². The van der Waals surface area contributed by atoms with E-state index in [0.29, 0.717) is 5.92 Å². The molecule has 1 unspecified atom stereocenters. The third-order valence-electron chi connectivity index (χ3n) is 3.61. The largest absolute Gasteiger partial charge is 0.123 e. The fraction of sp³-hybridized carbons (Fsp3) is 0.571. The van der Waals surface area contributed by atoms with Gasteiger partial charge in [0.05, 0.1) is 0 Å². The SMILES string of the molecule is Clc1ccc(Cl)c(CCC(Cl)C2CCCC2)c1. The molecule has 1 atom stereocenters. The van der Waals surface area contributed by atoms with Crippen molar-refractivity contribution in [3.8, 4) is 0 Å². The van der Waals surface area contributed by atoms with Crippen molar-refractivity contribution in [3.63, 3.8) is 0 Å². The lowest BCUT2D eigenvalue weighted by atomic mass is 9.98. The highest BCUT2D eigenvalue weighted by Gasteiger charge is 2.23. The lowest BCUT2D eigenvalue weighted by Crippen LogP contribution is -2.12. The van der Waals surface area contributed by atoms with E-state index in [-0.39, 0.29) is 5.38 Å². The minimum Gasteiger partial charge on any atom is -0.123 e. The van der Waals surface area contributed by atoms with Gasteiger partial charge in [-0.1, -0.05) is 36.0 Å². The van der Waals surface area contributed by atoms with Crippen molar-refractivity contribution in [2.45, 2.75) is 43.9 Å². The monoisotopic (exact) mass is 290 g/mol. The van der Waals surface area contributed by atoms with Crippen molar-refractivity contribution in [2.75, 3.05) is 0 Å². The third kappa shape index (κ3) is 3.77. The Kier molecular flexibility index (Phi) is 5.02. The van der Waals surface area contributed by atoms with Crippen molar-refractivity contribution < 1.29 is 0 Å². The van der Waals surface area contributed by atoms with E-state index in [1.165, 1.54) is 25.7 Å². The lowest BCUT2D eigenvalue weighted by Gasteiger charge is -2.16. The number of hydrogen-bond donors (Lipinski definition) is 0. The number of hydrogen-bond acceptors (Lipinski definition) is 0. The van der Waals surface area contributed by atoms with Crippen molar-refractivity contribution in [3.05, 3.63) is 33.8 Å². The average molecular weight is 292 g/mol. The molecule has 1 saturated carbocycles. The molecule has 0 bridgehead atoms. The molecule has 0 amide bonds. The summed E-state index contributed by atoms with van der Waals surface area (Å²) in [4.78, 5) is 0. The molecule has 0 aliphatic heterocycles. The highest BCUT2D eigenvalue weighted by Crippen LogP contribution is 2.33. The number of halogens is 3. The first-order valence-corrected chi connectivity index (χ1v) is 7.44. The van der Waals surface area contributed by atoms with Gasteiger partial charge in [-0.05, 0) is 55.4 Å². The Morgan fingerprint density at radius 2 is 1.88 bits per heavy atom. The molecule has 1 aliphatic carbocycles. The highest BCUT2D eigenvalue weighted by molar-refractivity contribution is 6.33. The van der Waals surface area contributed by atoms with E-state index in [2.05, 4.69) is 0 Å². The third-order valence-corrected chi connectivity index (χ3v) is 4.79. The number of benzene rings is 1. The molecule has 0 radical (unpaired) electrons. The van der Waals surface area contributed by atoms with Crippen LogP contribution in [0.4, 0.5) is 0 Å². The van der Waals surface area contributed by atoms with Gasteiger partial charge in [0.15, 0.2) is 0 Å². The van der Waals surface area contributed by atoms with E-state index in [0.717, 1.165) is 28.5 Å². The van der Waals surface area contributed by atoms with E-state index >= 15 is 0 Å². The number of rotatable bonds is 4. The zero-order valence-corrected chi connectivity index (χ0v) is 12.0. The van der Waals surface area contributed by atoms with Crippen molar-refractivity contribution in [1.29, 1.82) is 0 Å². The molecule has 1 fully saturated rings. The Morgan fingerprint density at radius 3 is 2.59 bits per heavy atom. The number of alkyl halides is 1. The Morgan fingerprint density at radius 1 is 1.18 bits per heavy atom. The van der Waals surface area contributed by atoms with Crippen LogP contribution in [-0.4, -0.2) is 5.38 Å². The van der Waals surface area contributed by atoms with Gasteiger partial charge in [0.2, 0.25) is 0 Å². The molecule has 0 saturated heterocycles. The van der Waals surface area contributed by atoms with Crippen LogP contribution in [0.1, 0.15) is 37.7 Å². The Labute approximate surface area is 118 Å². The van der Waals surface area contributed by atoms with Gasteiger partial charge in [-0.2, -0.15) is 0 Å². The van der Waals surface area contributed by atoms with Crippen LogP contribution in [0.15, 0.2) is 18.2 Å². The summed E-state index contributed by atoms with van der Waals surface area (Å²) in [6, 6.07) is 5.63. The van der Waals surface area contributed by atoms with Gasteiger partial charge in [-0.3, -0.25) is 0 Å². The summed E-state index contributed by atoms with van der Waals surface area (Å²) >= 11 is 18.6. The van der Waals surface area contributed by atoms with E-state index in [1.54, 1.807) is 0 Å². The maximum atomic E-state index is 6.45. The summed E-state index contributed by atoms with van der Waals surface area (Å²) in [5.41, 5.74) is 1.11. The summed E-state index contributed by atoms with van der Waals surface area (Å²) in [6.45, 7) is 0. The maximum Gasteiger partial charge on any atom is 0.0439 e. The summed E-state index contributed by atoms with van der Waals surface area (Å²) in [6.07, 6.45) is 7.17. The standard InChI is InChI=1S/C14H17Cl3/c15-12-6-8-14(17)11(9-12)5-7-13(16)10-3-1-2-4-10/h6,8-10,13H,1-5,7H2. The second-order valence-electron chi connectivity index (χ2n) is 4.83. The molecule has 3 heteroatoms. The van der Waals surface area contributed by atoms with Crippen molar-refractivity contribution in [2.24, 2.45) is 5.92 Å². The van der Waals surface area contributed by atoms with E-state index in [4.69, 9.17) is 34.8 Å². The normalized spacial score (nSPS) is 18.5. The highest BCUT2D eigenvalue weighted by atomic mass is 35.5. The molecule has 1 aliphatic rings. The maximum absolute atomic E-state index is 6.45. The molecule has 1 aromatic rings. The molecule has 94 valence electrons. The van der Waals surface area contributed by atoms with Crippen LogP contribution in [-0.2, 0) is 6.42 Å². The van der Waals surface area contributed by atoms with Crippen molar-refractivity contribution >= 4 is 34.8 Å². The Hall–Kier alpha value is 0.0900. The van der Waals surface area contributed by atoms with Crippen LogP contribution < -0.4 is 0 Å². The summed E-state index contributed by atoms with van der Waals surface area (Å²) in [5, 5.41) is 1.83. The predicted octanol–water partition coefficient (Wildman–Crippen LogP) is 5.72. The molecule has 17 heavy (non-hydrogen) atoms. The van der Waals surface area contributed by atoms with E-state index < -0.39 is 0 Å². The van der Waals surface area contributed by atoms with Gasteiger partial charge < -0.3 is 0 Å². The van der Waals surface area contributed by atoms with Crippen LogP contribution >= 0.6 is 34.8 Å². The van der Waals surface area contributed by atoms with Gasteiger partial charge >= 0.3 is 0 Å². The first kappa shape index (κ1) is 13.5. The second-order valence-corrected chi connectivity index (χ2v) is 6.24. The molecular formula is C14H17Cl3. The molecule has 0 N–H and O–H groups in total. The minimum absolute atomic E-state index is 0.285. The average Bonchev–Trinajstić information content (AvgIpc) is 2.83. The second kappa shape index (κ2) is 6.31. The molecular weight excluding hydrogens is 275 g/mol. The first-order chi connectivity index (χ1) is 8.16. The molecule has 0 nitrogen and oxygen atoms in total. The molecule has 1 aromatic carbocycles. The topological polar surface area (TPSA) is 0 Å². The van der Waals surface area contributed by atoms with E-state index in [1.807, 2.05) is 18.2 Å². The molecule has 0 aromatic heterocycles. The minimum atomic E-state index is 0.285. The van der Waals surface area contributed by atoms with Crippen LogP contribution in [0.25, 0.3) is 0 Å². The smallest absolute Gasteiger partial charge is 0.0439 e. The van der Waals surface area contributed by atoms with Gasteiger partial charge in [0, 0.05) is 15.4 Å². The molecule has 0 spiro atoms. The quantitative estimate of drug-likeness (QED) is 0.622. The van der Waals surface area contributed by atoms with E-state index in [9.17, 15) is 0 Å².